The first kappa shape index (κ1) is 14.9. The van der Waals surface area contributed by atoms with Gasteiger partial charge in [-0.1, -0.05) is 12.1 Å². The van der Waals surface area contributed by atoms with Gasteiger partial charge in [0, 0.05) is 5.56 Å². The molecule has 0 spiro atoms. The molecule has 1 aromatic carbocycles. The monoisotopic (exact) mass is 322 g/mol. The zero-order valence-electron chi connectivity index (χ0n) is 11.7. The standard InChI is InChI=1S/C14H9F3N4O2/c1-23-12(22)8-4-2-7(3-5-8)10-19-9-6-18-13(14(15,16)17)21-11(9)20-10/h2-6H,1H3,(H,18,19,20,21). The van der Waals surface area contributed by atoms with E-state index in [0.717, 1.165) is 6.20 Å². The summed E-state index contributed by atoms with van der Waals surface area (Å²) < 4.78 is 42.4. The highest BCUT2D eigenvalue weighted by atomic mass is 19.4. The first-order valence-electron chi connectivity index (χ1n) is 6.37. The summed E-state index contributed by atoms with van der Waals surface area (Å²) in [6.45, 7) is 0. The van der Waals surface area contributed by atoms with E-state index in [-0.39, 0.29) is 11.2 Å². The van der Waals surface area contributed by atoms with E-state index in [1.165, 1.54) is 19.2 Å². The fourth-order valence-electron chi connectivity index (χ4n) is 1.96. The van der Waals surface area contributed by atoms with Gasteiger partial charge in [0.2, 0.25) is 5.82 Å². The smallest absolute Gasteiger partial charge is 0.451 e. The van der Waals surface area contributed by atoms with E-state index in [9.17, 15) is 18.0 Å². The molecule has 1 N–H and O–H groups in total. The molecule has 118 valence electrons. The van der Waals surface area contributed by atoms with Gasteiger partial charge in [-0.05, 0) is 12.1 Å². The normalized spacial score (nSPS) is 11.7. The summed E-state index contributed by atoms with van der Waals surface area (Å²) in [5.74, 6) is -1.41. The second-order valence-corrected chi connectivity index (χ2v) is 4.58. The molecule has 0 amide bonds. The zero-order valence-corrected chi connectivity index (χ0v) is 11.7. The number of esters is 1. The number of hydrogen-bond donors (Lipinski definition) is 1. The summed E-state index contributed by atoms with van der Waals surface area (Å²) in [6.07, 6.45) is -3.60. The van der Waals surface area contributed by atoms with Crippen LogP contribution in [0.3, 0.4) is 0 Å². The Kier molecular flexibility index (Phi) is 3.47. The minimum absolute atomic E-state index is 0.0839. The second kappa shape index (κ2) is 5.34. The number of aromatic amines is 1. The number of aromatic nitrogens is 4. The predicted octanol–water partition coefficient (Wildman–Crippen LogP) is 2.83. The summed E-state index contributed by atoms with van der Waals surface area (Å²) in [5, 5.41) is 0. The first-order chi connectivity index (χ1) is 10.9. The number of hydrogen-bond acceptors (Lipinski definition) is 5. The average Bonchev–Trinajstić information content (AvgIpc) is 2.96. The van der Waals surface area contributed by atoms with Crippen molar-refractivity contribution in [2.45, 2.75) is 6.18 Å². The highest BCUT2D eigenvalue weighted by Crippen LogP contribution is 2.27. The Labute approximate surface area is 127 Å². The largest absolute Gasteiger partial charge is 0.465 e. The molecule has 3 rings (SSSR count). The van der Waals surface area contributed by atoms with Gasteiger partial charge in [-0.25, -0.2) is 19.7 Å². The van der Waals surface area contributed by atoms with Gasteiger partial charge in [-0.2, -0.15) is 13.2 Å². The number of methoxy groups -OCH3 is 1. The third-order valence-corrected chi connectivity index (χ3v) is 3.07. The number of fused-ring (bicyclic) bond motifs is 1. The van der Waals surface area contributed by atoms with Crippen molar-refractivity contribution in [2.24, 2.45) is 0 Å². The van der Waals surface area contributed by atoms with Crippen molar-refractivity contribution in [1.29, 1.82) is 0 Å². The van der Waals surface area contributed by atoms with Crippen LogP contribution in [-0.4, -0.2) is 33.0 Å². The molecule has 0 saturated heterocycles. The van der Waals surface area contributed by atoms with Gasteiger partial charge in [0.15, 0.2) is 5.65 Å². The van der Waals surface area contributed by atoms with E-state index < -0.39 is 18.0 Å². The Bertz CT molecular complexity index is 872. The van der Waals surface area contributed by atoms with Crippen molar-refractivity contribution in [3.63, 3.8) is 0 Å². The Balaban J connectivity index is 1.98. The van der Waals surface area contributed by atoms with Crippen molar-refractivity contribution < 1.29 is 22.7 Å². The van der Waals surface area contributed by atoms with Crippen molar-refractivity contribution in [3.05, 3.63) is 41.9 Å². The van der Waals surface area contributed by atoms with Crippen molar-refractivity contribution in [2.75, 3.05) is 7.11 Å². The lowest BCUT2D eigenvalue weighted by Gasteiger charge is -2.02. The van der Waals surface area contributed by atoms with Gasteiger partial charge >= 0.3 is 12.1 Å². The third-order valence-electron chi connectivity index (χ3n) is 3.07. The molecule has 23 heavy (non-hydrogen) atoms. The SMILES string of the molecule is COC(=O)c1ccc(-c2nc3nc(C(F)(F)F)ncc3[nH]2)cc1. The minimum atomic E-state index is -4.63. The van der Waals surface area contributed by atoms with Crippen molar-refractivity contribution in [1.82, 2.24) is 19.9 Å². The molecular weight excluding hydrogens is 313 g/mol. The van der Waals surface area contributed by atoms with E-state index in [0.29, 0.717) is 17.0 Å². The van der Waals surface area contributed by atoms with Gasteiger partial charge in [-0.3, -0.25) is 0 Å². The lowest BCUT2D eigenvalue weighted by atomic mass is 10.1. The summed E-state index contributed by atoms with van der Waals surface area (Å²) in [7, 11) is 1.27. The molecule has 0 radical (unpaired) electrons. The van der Waals surface area contributed by atoms with E-state index in [1.54, 1.807) is 12.1 Å². The predicted molar refractivity (Wildman–Crippen MR) is 73.5 cm³/mol. The second-order valence-electron chi connectivity index (χ2n) is 4.58. The number of benzene rings is 1. The Hall–Kier alpha value is -2.97. The summed E-state index contributed by atoms with van der Waals surface area (Å²) in [5.41, 5.74) is 1.14. The van der Waals surface area contributed by atoms with Crippen LogP contribution >= 0.6 is 0 Å². The summed E-state index contributed by atoms with van der Waals surface area (Å²) in [4.78, 5) is 24.9. The number of ether oxygens (including phenoxy) is 1. The van der Waals surface area contributed by atoms with Crippen LogP contribution in [0.1, 0.15) is 16.2 Å². The Morgan fingerprint density at radius 3 is 2.48 bits per heavy atom. The molecule has 0 aliphatic carbocycles. The number of nitrogens with one attached hydrogen (secondary N) is 1. The molecule has 2 aromatic heterocycles. The maximum atomic E-state index is 12.6. The first-order valence-corrected chi connectivity index (χ1v) is 6.37. The summed E-state index contributed by atoms with van der Waals surface area (Å²) >= 11 is 0. The van der Waals surface area contributed by atoms with Crippen LogP contribution in [-0.2, 0) is 10.9 Å². The fourth-order valence-corrected chi connectivity index (χ4v) is 1.96. The van der Waals surface area contributed by atoms with Crippen LogP contribution in [0.4, 0.5) is 13.2 Å². The van der Waals surface area contributed by atoms with Gasteiger partial charge in [-0.15, -0.1) is 0 Å². The number of carbonyl (C=O) groups is 1. The third kappa shape index (κ3) is 2.85. The molecule has 0 atom stereocenters. The molecule has 3 aromatic rings. The topological polar surface area (TPSA) is 80.8 Å². The Morgan fingerprint density at radius 1 is 1.17 bits per heavy atom. The summed E-state index contributed by atoms with van der Waals surface area (Å²) in [6, 6.07) is 6.26. The van der Waals surface area contributed by atoms with Gasteiger partial charge in [0.25, 0.3) is 0 Å². The molecule has 0 aliphatic rings. The maximum absolute atomic E-state index is 12.6. The average molecular weight is 322 g/mol. The molecule has 0 saturated carbocycles. The highest BCUT2D eigenvalue weighted by molar-refractivity contribution is 5.90. The lowest BCUT2D eigenvalue weighted by molar-refractivity contribution is -0.144. The van der Waals surface area contributed by atoms with E-state index in [1.807, 2.05) is 0 Å². The van der Waals surface area contributed by atoms with E-state index >= 15 is 0 Å². The minimum Gasteiger partial charge on any atom is -0.465 e. The van der Waals surface area contributed by atoms with Gasteiger partial charge < -0.3 is 9.72 Å². The van der Waals surface area contributed by atoms with E-state index in [2.05, 4.69) is 24.7 Å². The van der Waals surface area contributed by atoms with Crippen LogP contribution in [0.2, 0.25) is 0 Å². The van der Waals surface area contributed by atoms with Crippen LogP contribution in [0, 0.1) is 0 Å². The fraction of sp³-hybridized carbons (Fsp3) is 0.143. The number of carbonyl (C=O) groups excluding carboxylic acids is 1. The van der Waals surface area contributed by atoms with Crippen molar-refractivity contribution >= 4 is 17.1 Å². The van der Waals surface area contributed by atoms with Crippen molar-refractivity contribution in [3.8, 4) is 11.4 Å². The zero-order chi connectivity index (χ0) is 16.6. The van der Waals surface area contributed by atoms with Crippen LogP contribution in [0.25, 0.3) is 22.6 Å². The van der Waals surface area contributed by atoms with Crippen LogP contribution in [0.15, 0.2) is 30.5 Å². The van der Waals surface area contributed by atoms with Gasteiger partial charge in [0.1, 0.15) is 11.3 Å². The molecule has 0 fully saturated rings. The number of alkyl halides is 3. The van der Waals surface area contributed by atoms with Gasteiger partial charge in [0.05, 0.1) is 18.9 Å². The number of halogens is 3. The van der Waals surface area contributed by atoms with Crippen LogP contribution < -0.4 is 0 Å². The molecule has 0 aliphatic heterocycles. The molecule has 6 nitrogen and oxygen atoms in total. The molecule has 0 bridgehead atoms. The Morgan fingerprint density at radius 2 is 1.87 bits per heavy atom. The number of rotatable bonds is 2. The number of imidazole rings is 1. The van der Waals surface area contributed by atoms with E-state index in [4.69, 9.17) is 0 Å². The quantitative estimate of drug-likeness (QED) is 0.734. The molecule has 9 heteroatoms. The molecule has 2 heterocycles. The van der Waals surface area contributed by atoms with Crippen LogP contribution in [0.5, 0.6) is 0 Å². The number of H-pyrrole nitrogens is 1. The number of nitrogens with zero attached hydrogens (tertiary/aromatic N) is 3. The molecule has 0 unspecified atom stereocenters. The maximum Gasteiger partial charge on any atom is 0.451 e. The highest BCUT2D eigenvalue weighted by Gasteiger charge is 2.35. The molecular formula is C14H9F3N4O2. The lowest BCUT2D eigenvalue weighted by Crippen LogP contribution is -2.10.